The Morgan fingerprint density at radius 2 is 1.90 bits per heavy atom. The Morgan fingerprint density at radius 1 is 1.33 bits per heavy atom. The third-order valence-corrected chi connectivity index (χ3v) is 2.85. The molecule has 1 aromatic carbocycles. The van der Waals surface area contributed by atoms with Crippen molar-refractivity contribution in [2.24, 2.45) is 16.3 Å². The number of carbonyl (C=O) groups is 1. The van der Waals surface area contributed by atoms with Crippen LogP contribution in [0.15, 0.2) is 23.4 Å². The molecule has 0 fully saturated rings. The number of anilines is 1. The maximum absolute atomic E-state index is 13.1. The number of nitrogens with one attached hydrogen (secondary N) is 1. The molecule has 0 atom stereocenters. The lowest BCUT2D eigenvalue weighted by molar-refractivity contribution is -0.140. The van der Waals surface area contributed by atoms with Crippen molar-refractivity contribution in [3.8, 4) is 0 Å². The number of hydrogen-bond donors (Lipinski definition) is 3. The summed E-state index contributed by atoms with van der Waals surface area (Å²) in [7, 11) is 0. The number of rotatable bonds is 3. The van der Waals surface area contributed by atoms with Crippen LogP contribution in [-0.2, 0) is 11.0 Å². The van der Waals surface area contributed by atoms with Crippen LogP contribution in [0.4, 0.5) is 23.2 Å². The van der Waals surface area contributed by atoms with Crippen LogP contribution < -0.4 is 11.1 Å². The number of carbonyl (C=O) groups excluding carboxylic acids is 1. The fourth-order valence-corrected chi connectivity index (χ4v) is 1.35. The van der Waals surface area contributed by atoms with Crippen LogP contribution in [0.5, 0.6) is 0 Å². The lowest BCUT2D eigenvalue weighted by Gasteiger charge is -2.22. The Hall–Kier alpha value is -2.32. The molecule has 21 heavy (non-hydrogen) atoms. The van der Waals surface area contributed by atoms with Gasteiger partial charge in [0.25, 0.3) is 0 Å². The van der Waals surface area contributed by atoms with Crippen LogP contribution in [0.2, 0.25) is 0 Å². The Morgan fingerprint density at radius 3 is 2.38 bits per heavy atom. The minimum atomic E-state index is -4.88. The highest BCUT2D eigenvalue weighted by atomic mass is 19.4. The predicted octanol–water partition coefficient (Wildman–Crippen LogP) is 2.56. The maximum atomic E-state index is 13.1. The van der Waals surface area contributed by atoms with Crippen molar-refractivity contribution in [2.45, 2.75) is 20.0 Å². The van der Waals surface area contributed by atoms with E-state index in [1.807, 2.05) is 0 Å². The summed E-state index contributed by atoms with van der Waals surface area (Å²) in [5.74, 6) is -2.67. The quantitative estimate of drug-likeness (QED) is 0.264. The van der Waals surface area contributed by atoms with Crippen molar-refractivity contribution >= 4 is 17.4 Å². The van der Waals surface area contributed by atoms with E-state index in [-0.39, 0.29) is 5.69 Å². The molecule has 116 valence electrons. The number of benzene rings is 1. The predicted molar refractivity (Wildman–Crippen MR) is 67.2 cm³/mol. The van der Waals surface area contributed by atoms with Crippen LogP contribution in [0.1, 0.15) is 19.4 Å². The molecule has 0 saturated heterocycles. The SMILES string of the molecule is CC(C)(C(=O)Nc1ccc(F)c(C(F)(F)F)c1)C(N)=NO. The topological polar surface area (TPSA) is 87.7 Å². The molecule has 0 bridgehead atoms. The van der Waals surface area contributed by atoms with Crippen molar-refractivity contribution in [1.29, 1.82) is 0 Å². The van der Waals surface area contributed by atoms with E-state index in [2.05, 4.69) is 10.5 Å². The summed E-state index contributed by atoms with van der Waals surface area (Å²) in [6, 6.07) is 2.04. The normalized spacial score (nSPS) is 13.1. The molecule has 0 unspecified atom stereocenters. The van der Waals surface area contributed by atoms with Gasteiger partial charge in [-0.3, -0.25) is 4.79 Å². The van der Waals surface area contributed by atoms with Crippen LogP contribution >= 0.6 is 0 Å². The number of halogens is 4. The number of alkyl halides is 3. The molecule has 9 heteroatoms. The minimum Gasteiger partial charge on any atom is -0.409 e. The van der Waals surface area contributed by atoms with Crippen molar-refractivity contribution in [3.63, 3.8) is 0 Å². The molecule has 4 N–H and O–H groups in total. The monoisotopic (exact) mass is 307 g/mol. The van der Waals surface area contributed by atoms with Gasteiger partial charge in [-0.2, -0.15) is 13.2 Å². The van der Waals surface area contributed by atoms with E-state index < -0.39 is 34.7 Å². The average molecular weight is 307 g/mol. The molecule has 0 aromatic heterocycles. The van der Waals surface area contributed by atoms with Gasteiger partial charge in [0, 0.05) is 5.69 Å². The largest absolute Gasteiger partial charge is 0.419 e. The molecule has 1 rings (SSSR count). The molecular formula is C12H13F4N3O2. The van der Waals surface area contributed by atoms with Gasteiger partial charge in [0.15, 0.2) is 5.84 Å². The fourth-order valence-electron chi connectivity index (χ4n) is 1.35. The van der Waals surface area contributed by atoms with Gasteiger partial charge in [-0.25, -0.2) is 4.39 Å². The van der Waals surface area contributed by atoms with Gasteiger partial charge in [-0.15, -0.1) is 0 Å². The molecular weight excluding hydrogens is 294 g/mol. The average Bonchev–Trinajstić information content (AvgIpc) is 2.38. The van der Waals surface area contributed by atoms with Crippen LogP contribution in [0.3, 0.4) is 0 Å². The van der Waals surface area contributed by atoms with E-state index in [0.29, 0.717) is 12.1 Å². The highest BCUT2D eigenvalue weighted by Gasteiger charge is 2.36. The lowest BCUT2D eigenvalue weighted by Crippen LogP contribution is -2.42. The fraction of sp³-hybridized carbons (Fsp3) is 0.333. The smallest absolute Gasteiger partial charge is 0.409 e. The molecule has 5 nitrogen and oxygen atoms in total. The van der Waals surface area contributed by atoms with Gasteiger partial charge in [-0.05, 0) is 32.0 Å². The Bertz CT molecular complexity index is 582. The van der Waals surface area contributed by atoms with Crippen LogP contribution in [0.25, 0.3) is 0 Å². The van der Waals surface area contributed by atoms with E-state index in [4.69, 9.17) is 10.9 Å². The second kappa shape index (κ2) is 5.58. The van der Waals surface area contributed by atoms with Crippen LogP contribution in [-0.4, -0.2) is 17.0 Å². The summed E-state index contributed by atoms with van der Waals surface area (Å²) >= 11 is 0. The first-order valence-electron chi connectivity index (χ1n) is 5.66. The Labute approximate surface area is 117 Å². The first-order chi connectivity index (χ1) is 9.50. The number of nitrogens with two attached hydrogens (primary N) is 1. The van der Waals surface area contributed by atoms with E-state index in [1.165, 1.54) is 13.8 Å². The molecule has 1 aromatic rings. The van der Waals surface area contributed by atoms with Crippen molar-refractivity contribution in [1.82, 2.24) is 0 Å². The summed E-state index contributed by atoms with van der Waals surface area (Å²) in [4.78, 5) is 11.9. The van der Waals surface area contributed by atoms with Crippen molar-refractivity contribution in [2.75, 3.05) is 5.32 Å². The summed E-state index contributed by atoms with van der Waals surface area (Å²) in [5, 5.41) is 13.4. The highest BCUT2D eigenvalue weighted by Crippen LogP contribution is 2.33. The summed E-state index contributed by atoms with van der Waals surface area (Å²) < 4.78 is 50.8. The maximum Gasteiger partial charge on any atom is 0.419 e. The van der Waals surface area contributed by atoms with Gasteiger partial charge in [0.05, 0.1) is 5.56 Å². The van der Waals surface area contributed by atoms with E-state index in [1.54, 1.807) is 0 Å². The molecule has 0 spiro atoms. The zero-order valence-electron chi connectivity index (χ0n) is 11.1. The molecule has 0 radical (unpaired) electrons. The third kappa shape index (κ3) is 3.61. The highest BCUT2D eigenvalue weighted by molar-refractivity contribution is 6.11. The Balaban J connectivity index is 3.08. The van der Waals surface area contributed by atoms with Gasteiger partial charge in [0.2, 0.25) is 5.91 Å². The van der Waals surface area contributed by atoms with Crippen molar-refractivity contribution in [3.05, 3.63) is 29.6 Å². The van der Waals surface area contributed by atoms with Gasteiger partial charge >= 0.3 is 6.18 Å². The standard InChI is InChI=1S/C12H13F4N3O2/c1-11(2,9(17)19-21)10(20)18-6-3-4-8(13)7(5-6)12(14,15)16/h3-5,21H,1-2H3,(H2,17,19)(H,18,20). The number of amides is 1. The summed E-state index contributed by atoms with van der Waals surface area (Å²) in [5.41, 5.74) is 2.12. The molecule has 0 aliphatic heterocycles. The van der Waals surface area contributed by atoms with Gasteiger partial charge in [0.1, 0.15) is 11.2 Å². The minimum absolute atomic E-state index is 0.257. The van der Waals surface area contributed by atoms with Gasteiger partial charge < -0.3 is 16.3 Å². The first kappa shape index (κ1) is 16.7. The summed E-state index contributed by atoms with van der Waals surface area (Å²) in [6.45, 7) is 2.62. The molecule has 0 saturated carbocycles. The second-order valence-corrected chi connectivity index (χ2v) is 4.76. The Kier molecular flexibility index (Phi) is 4.45. The number of amidine groups is 1. The molecule has 1 amide bonds. The number of hydrogen-bond acceptors (Lipinski definition) is 3. The van der Waals surface area contributed by atoms with E-state index in [0.717, 1.165) is 6.07 Å². The van der Waals surface area contributed by atoms with E-state index >= 15 is 0 Å². The molecule has 0 aliphatic carbocycles. The number of oxime groups is 1. The lowest BCUT2D eigenvalue weighted by atomic mass is 9.91. The zero-order chi connectivity index (χ0) is 16.4. The van der Waals surface area contributed by atoms with Crippen molar-refractivity contribution < 1.29 is 27.6 Å². The van der Waals surface area contributed by atoms with Crippen LogP contribution in [0, 0.1) is 11.2 Å². The number of nitrogens with zero attached hydrogens (tertiary/aromatic N) is 1. The van der Waals surface area contributed by atoms with Gasteiger partial charge in [-0.1, -0.05) is 5.16 Å². The summed E-state index contributed by atoms with van der Waals surface area (Å²) in [6.07, 6.45) is -4.88. The second-order valence-electron chi connectivity index (χ2n) is 4.76. The zero-order valence-corrected chi connectivity index (χ0v) is 11.1. The molecule has 0 heterocycles. The van der Waals surface area contributed by atoms with E-state index in [9.17, 15) is 22.4 Å². The third-order valence-electron chi connectivity index (χ3n) is 2.85. The molecule has 0 aliphatic rings. The first-order valence-corrected chi connectivity index (χ1v) is 5.66.